The van der Waals surface area contributed by atoms with E-state index < -0.39 is 5.60 Å². The van der Waals surface area contributed by atoms with E-state index in [0.717, 1.165) is 37.5 Å². The van der Waals surface area contributed by atoms with E-state index in [1.54, 1.807) is 0 Å². The molecule has 174 valence electrons. The van der Waals surface area contributed by atoms with Gasteiger partial charge in [0.15, 0.2) is 0 Å². The molecule has 3 nitrogen and oxygen atoms in total. The molecule has 4 heteroatoms. The van der Waals surface area contributed by atoms with Gasteiger partial charge in [-0.15, -0.1) is 12.4 Å². The second-order valence-corrected chi connectivity index (χ2v) is 12.0. The molecule has 1 aromatic carbocycles. The van der Waals surface area contributed by atoms with E-state index in [0.29, 0.717) is 23.7 Å². The van der Waals surface area contributed by atoms with Gasteiger partial charge in [-0.2, -0.15) is 0 Å². The molecule has 0 spiro atoms. The second kappa shape index (κ2) is 8.22. The fourth-order valence-electron chi connectivity index (χ4n) is 8.54. The van der Waals surface area contributed by atoms with Crippen LogP contribution in [0, 0.1) is 35.0 Å². The number of benzene rings is 1. The summed E-state index contributed by atoms with van der Waals surface area (Å²) < 4.78 is 0. The fourth-order valence-corrected chi connectivity index (χ4v) is 8.54. The second-order valence-electron chi connectivity index (χ2n) is 12.0. The summed E-state index contributed by atoms with van der Waals surface area (Å²) in [5.74, 6) is 4.09. The molecular weight excluding hydrogens is 406 g/mol. The number of hydrogen-bond acceptors (Lipinski definition) is 3. The molecular formula is C27H42ClNO2. The van der Waals surface area contributed by atoms with Crippen molar-refractivity contribution in [3.05, 3.63) is 29.8 Å². The highest BCUT2D eigenvalue weighted by Gasteiger charge is 2.60. The van der Waals surface area contributed by atoms with Crippen LogP contribution in [-0.2, 0) is 0 Å². The van der Waals surface area contributed by atoms with Crippen LogP contribution in [-0.4, -0.2) is 36.0 Å². The fraction of sp³-hybridized carbons (Fsp3) is 0.778. The Morgan fingerprint density at radius 3 is 2.29 bits per heavy atom. The minimum atomic E-state index is -0.469. The van der Waals surface area contributed by atoms with Gasteiger partial charge in [-0.25, -0.2) is 0 Å². The summed E-state index contributed by atoms with van der Waals surface area (Å²) in [6, 6.07) is 9.28. The predicted molar refractivity (Wildman–Crippen MR) is 130 cm³/mol. The number of aliphatic hydroxyl groups excluding tert-OH is 1. The standard InChI is InChI=1S/C27H41NO2.ClH/c1-26(30)14-13-20-18(15-26)7-10-21-23-11-12-24(29)27(23,2)16-22(25(20)21)17-5-8-19(9-6-17)28(3)4;/h5-6,8-9,18,20-25,29-30H,7,10-16H2,1-4H3;1H/t18-,20-,21-,22+,23-,24-,25+,26+,27-;/m0./s1. The van der Waals surface area contributed by atoms with Crippen LogP contribution >= 0.6 is 12.4 Å². The van der Waals surface area contributed by atoms with Crippen molar-refractivity contribution in [1.29, 1.82) is 0 Å². The van der Waals surface area contributed by atoms with E-state index >= 15 is 0 Å². The monoisotopic (exact) mass is 447 g/mol. The number of fused-ring (bicyclic) bond motifs is 5. The van der Waals surface area contributed by atoms with Crippen molar-refractivity contribution in [2.45, 2.75) is 82.8 Å². The third-order valence-electron chi connectivity index (χ3n) is 10.0. The third-order valence-corrected chi connectivity index (χ3v) is 10.0. The summed E-state index contributed by atoms with van der Waals surface area (Å²) in [5, 5.41) is 21.8. The summed E-state index contributed by atoms with van der Waals surface area (Å²) >= 11 is 0. The molecule has 4 saturated carbocycles. The quantitative estimate of drug-likeness (QED) is 0.617. The summed E-state index contributed by atoms with van der Waals surface area (Å²) in [7, 11) is 4.21. The van der Waals surface area contributed by atoms with E-state index in [2.05, 4.69) is 57.1 Å². The molecule has 2 N–H and O–H groups in total. The summed E-state index contributed by atoms with van der Waals surface area (Å²) in [6.07, 6.45) is 8.86. The molecule has 4 fully saturated rings. The molecule has 5 rings (SSSR count). The Kier molecular flexibility index (Phi) is 6.20. The Hall–Kier alpha value is -0.770. The van der Waals surface area contributed by atoms with Gasteiger partial charge in [0, 0.05) is 19.8 Å². The van der Waals surface area contributed by atoms with Gasteiger partial charge in [-0.05, 0) is 117 Å². The molecule has 0 heterocycles. The lowest BCUT2D eigenvalue weighted by molar-refractivity contribution is -0.118. The predicted octanol–water partition coefficient (Wildman–Crippen LogP) is 5.63. The largest absolute Gasteiger partial charge is 0.393 e. The maximum absolute atomic E-state index is 11.0. The minimum absolute atomic E-state index is 0. The van der Waals surface area contributed by atoms with Crippen LogP contribution in [0.3, 0.4) is 0 Å². The molecule has 0 aromatic heterocycles. The van der Waals surface area contributed by atoms with Crippen LogP contribution < -0.4 is 4.90 Å². The van der Waals surface area contributed by atoms with Crippen molar-refractivity contribution in [2.75, 3.05) is 19.0 Å². The molecule has 0 amide bonds. The van der Waals surface area contributed by atoms with Gasteiger partial charge in [0.1, 0.15) is 0 Å². The molecule has 31 heavy (non-hydrogen) atoms. The Balaban J connectivity index is 0.00000231. The van der Waals surface area contributed by atoms with Crippen molar-refractivity contribution in [1.82, 2.24) is 0 Å². The van der Waals surface area contributed by atoms with E-state index in [4.69, 9.17) is 0 Å². The van der Waals surface area contributed by atoms with Crippen LogP contribution in [0.25, 0.3) is 0 Å². The molecule has 4 aliphatic rings. The first kappa shape index (κ1) is 23.4. The summed E-state index contributed by atoms with van der Waals surface area (Å²) in [6.45, 7) is 4.45. The highest BCUT2D eigenvalue weighted by molar-refractivity contribution is 5.85. The zero-order valence-electron chi connectivity index (χ0n) is 19.8. The molecule has 1 aromatic rings. The normalized spacial score (nSPS) is 46.3. The lowest BCUT2D eigenvalue weighted by atomic mass is 9.46. The molecule has 0 bridgehead atoms. The first-order chi connectivity index (χ1) is 14.2. The Bertz CT molecular complexity index is 778. The zero-order chi connectivity index (χ0) is 21.3. The Labute approximate surface area is 195 Å². The van der Waals surface area contributed by atoms with E-state index in [-0.39, 0.29) is 23.9 Å². The van der Waals surface area contributed by atoms with E-state index in [9.17, 15) is 10.2 Å². The molecule has 0 radical (unpaired) electrons. The maximum atomic E-state index is 11.0. The molecule has 4 aliphatic carbocycles. The van der Waals surface area contributed by atoms with E-state index in [1.807, 2.05) is 0 Å². The van der Waals surface area contributed by atoms with Crippen LogP contribution in [0.5, 0.6) is 0 Å². The number of hydrogen-bond donors (Lipinski definition) is 2. The van der Waals surface area contributed by atoms with Gasteiger partial charge >= 0.3 is 0 Å². The topological polar surface area (TPSA) is 43.7 Å². The maximum Gasteiger partial charge on any atom is 0.0622 e. The van der Waals surface area contributed by atoms with Crippen LogP contribution in [0.15, 0.2) is 24.3 Å². The minimum Gasteiger partial charge on any atom is -0.393 e. The average Bonchev–Trinajstić information content (AvgIpc) is 3.01. The van der Waals surface area contributed by atoms with Crippen molar-refractivity contribution < 1.29 is 10.2 Å². The first-order valence-electron chi connectivity index (χ1n) is 12.4. The molecule has 0 aliphatic heterocycles. The number of rotatable bonds is 2. The Morgan fingerprint density at radius 2 is 1.61 bits per heavy atom. The van der Waals surface area contributed by atoms with Crippen LogP contribution in [0.4, 0.5) is 5.69 Å². The highest BCUT2D eigenvalue weighted by Crippen LogP contribution is 2.66. The molecule has 0 unspecified atom stereocenters. The lowest BCUT2D eigenvalue weighted by Crippen LogP contribution is -2.53. The summed E-state index contributed by atoms with van der Waals surface area (Å²) in [5.41, 5.74) is 2.33. The molecule has 0 saturated heterocycles. The summed E-state index contributed by atoms with van der Waals surface area (Å²) in [4.78, 5) is 2.17. The third kappa shape index (κ3) is 3.83. The first-order valence-corrected chi connectivity index (χ1v) is 12.4. The Morgan fingerprint density at radius 1 is 0.903 bits per heavy atom. The van der Waals surface area contributed by atoms with Gasteiger partial charge in [0.25, 0.3) is 0 Å². The number of aliphatic hydroxyl groups is 2. The van der Waals surface area contributed by atoms with Crippen molar-refractivity contribution in [3.63, 3.8) is 0 Å². The van der Waals surface area contributed by atoms with Crippen LogP contribution in [0.2, 0.25) is 0 Å². The smallest absolute Gasteiger partial charge is 0.0622 e. The number of nitrogens with zero attached hydrogens (tertiary/aromatic N) is 1. The van der Waals surface area contributed by atoms with Gasteiger partial charge in [-0.3, -0.25) is 0 Å². The van der Waals surface area contributed by atoms with Crippen molar-refractivity contribution >= 4 is 18.1 Å². The van der Waals surface area contributed by atoms with Gasteiger partial charge in [-0.1, -0.05) is 19.1 Å². The van der Waals surface area contributed by atoms with Gasteiger partial charge in [0.05, 0.1) is 11.7 Å². The number of halogens is 1. The number of anilines is 1. The van der Waals surface area contributed by atoms with E-state index in [1.165, 1.54) is 36.9 Å². The van der Waals surface area contributed by atoms with Crippen molar-refractivity contribution in [2.24, 2.45) is 35.0 Å². The zero-order valence-corrected chi connectivity index (χ0v) is 20.6. The lowest BCUT2D eigenvalue weighted by Gasteiger charge is -2.59. The molecule has 9 atom stereocenters. The average molecular weight is 448 g/mol. The van der Waals surface area contributed by atoms with Crippen LogP contribution in [0.1, 0.15) is 76.7 Å². The van der Waals surface area contributed by atoms with Gasteiger partial charge in [0.2, 0.25) is 0 Å². The SMILES string of the molecule is CN(C)c1ccc([C@H]2C[C@]3(C)[C@@H](O)CC[C@H]3[C@@H]3CC[C@H]4C[C@](C)(O)CC[C@@H]4[C@H]32)cc1.Cl. The highest BCUT2D eigenvalue weighted by atomic mass is 35.5. The van der Waals surface area contributed by atoms with Gasteiger partial charge < -0.3 is 15.1 Å². The van der Waals surface area contributed by atoms with Crippen molar-refractivity contribution in [3.8, 4) is 0 Å².